The van der Waals surface area contributed by atoms with E-state index in [1.54, 1.807) is 11.8 Å². The van der Waals surface area contributed by atoms with E-state index in [4.69, 9.17) is 9.47 Å². The van der Waals surface area contributed by atoms with Gasteiger partial charge >= 0.3 is 0 Å². The van der Waals surface area contributed by atoms with E-state index in [2.05, 4.69) is 334 Å². The fraction of sp³-hybridized carbons (Fsp3) is 0. The molecule has 0 fully saturated rings. The highest BCUT2D eigenvalue weighted by atomic mass is 32.2. The summed E-state index contributed by atoms with van der Waals surface area (Å²) in [7, 11) is 0. The lowest BCUT2D eigenvalue weighted by Crippen LogP contribution is -2.63. The van der Waals surface area contributed by atoms with Crippen LogP contribution in [-0.4, -0.2) is 13.4 Å². The molecule has 412 valence electrons. The maximum absolute atomic E-state index is 7.77. The third kappa shape index (κ3) is 7.89. The van der Waals surface area contributed by atoms with Gasteiger partial charge in [-0.15, -0.1) is 0 Å². The summed E-state index contributed by atoms with van der Waals surface area (Å²) >= 11 is 1.79. The standard InChI is InChI=1S/C78H51B2N5O2S/c1-8-26-52(27-9-1)81(53-28-10-2-11-29-53)59-46-69-75-72(48-59)86-71-51-68-63(50-64(71)79(75)61-40-22-23-41-65(61)83(69)56-34-16-5-17-35-56)80-62-44-45-67-78(88-74-43-25-24-42-66(74)84(67)57-36-18-6-19-37-57)77(62)87-73-49-60(47-70(76(73)80)85(68)58-38-20-7-21-39-58)82(54-30-12-3-13-31-54)55-32-14-4-15-33-55/h1-51H. The molecule has 0 aromatic heterocycles. The molecule has 13 aromatic rings. The van der Waals surface area contributed by atoms with Crippen LogP contribution in [0.3, 0.4) is 0 Å². The topological polar surface area (TPSA) is 34.7 Å². The Bertz CT molecular complexity index is 4800. The first-order valence-electron chi connectivity index (χ1n) is 30.0. The first-order valence-corrected chi connectivity index (χ1v) is 30.8. The summed E-state index contributed by atoms with van der Waals surface area (Å²) in [5.74, 6) is 3.30. The summed E-state index contributed by atoms with van der Waals surface area (Å²) in [6.45, 7) is -0.453. The molecule has 0 saturated carbocycles. The van der Waals surface area contributed by atoms with Gasteiger partial charge in [0.15, 0.2) is 0 Å². The van der Waals surface area contributed by atoms with Crippen LogP contribution in [0.5, 0.6) is 23.0 Å². The van der Waals surface area contributed by atoms with Crippen molar-refractivity contribution in [1.29, 1.82) is 0 Å². The molecule has 7 nitrogen and oxygen atoms in total. The molecular weight excluding hydrogens is 1090 g/mol. The van der Waals surface area contributed by atoms with Gasteiger partial charge in [0.05, 0.1) is 27.6 Å². The average Bonchev–Trinajstić information content (AvgIpc) is 0.707. The van der Waals surface area contributed by atoms with Crippen LogP contribution in [0, 0.1) is 0 Å². The van der Waals surface area contributed by atoms with Crippen molar-refractivity contribution in [3.05, 3.63) is 309 Å². The fourth-order valence-electron chi connectivity index (χ4n) is 14.2. The van der Waals surface area contributed by atoms with Crippen LogP contribution >= 0.6 is 11.8 Å². The first-order chi connectivity index (χ1) is 43.7. The van der Waals surface area contributed by atoms with Gasteiger partial charge in [-0.3, -0.25) is 0 Å². The fourth-order valence-corrected chi connectivity index (χ4v) is 15.4. The van der Waals surface area contributed by atoms with Gasteiger partial charge in [-0.1, -0.05) is 182 Å². The zero-order valence-corrected chi connectivity index (χ0v) is 48.4. The Hall–Kier alpha value is -11.1. The molecule has 0 spiro atoms. The normalized spacial score (nSPS) is 13.2. The molecule has 88 heavy (non-hydrogen) atoms. The van der Waals surface area contributed by atoms with Crippen molar-refractivity contribution in [3.8, 4) is 23.0 Å². The molecule has 5 aliphatic heterocycles. The molecule has 18 rings (SSSR count). The van der Waals surface area contributed by atoms with Crippen LogP contribution in [0.4, 0.5) is 85.3 Å². The van der Waals surface area contributed by atoms with Crippen LogP contribution in [0.15, 0.2) is 319 Å². The van der Waals surface area contributed by atoms with Crippen molar-refractivity contribution in [3.63, 3.8) is 0 Å². The van der Waals surface area contributed by atoms with Crippen LogP contribution in [-0.2, 0) is 0 Å². The molecule has 0 atom stereocenters. The lowest BCUT2D eigenvalue weighted by molar-refractivity contribution is 0.476. The summed E-state index contributed by atoms with van der Waals surface area (Å²) in [4.78, 5) is 14.2. The van der Waals surface area contributed by atoms with Crippen LogP contribution in [0.1, 0.15) is 0 Å². The van der Waals surface area contributed by atoms with Crippen LogP contribution < -0.4 is 66.8 Å². The molecule has 0 bridgehead atoms. The minimum absolute atomic E-state index is 0.195. The molecule has 5 heterocycles. The first kappa shape index (κ1) is 50.3. The number of anilines is 15. The predicted molar refractivity (Wildman–Crippen MR) is 366 cm³/mol. The number of para-hydroxylation sites is 9. The summed E-state index contributed by atoms with van der Waals surface area (Å²) in [6.07, 6.45) is 0. The van der Waals surface area contributed by atoms with Crippen LogP contribution in [0.2, 0.25) is 0 Å². The quantitative estimate of drug-likeness (QED) is 0.132. The minimum atomic E-state index is -0.258. The zero-order chi connectivity index (χ0) is 57.8. The van der Waals surface area contributed by atoms with E-state index >= 15 is 0 Å². The average molecular weight is 1140 g/mol. The summed E-state index contributed by atoms with van der Waals surface area (Å²) in [5, 5.41) is 0. The van der Waals surface area contributed by atoms with Crippen molar-refractivity contribution in [2.24, 2.45) is 0 Å². The maximum atomic E-state index is 7.77. The lowest BCUT2D eigenvalue weighted by Gasteiger charge is -2.44. The second kappa shape index (κ2) is 20.3. The predicted octanol–water partition coefficient (Wildman–Crippen LogP) is 17.4. The molecule has 5 aliphatic rings. The molecule has 0 radical (unpaired) electrons. The van der Waals surface area contributed by atoms with E-state index in [9.17, 15) is 0 Å². The maximum Gasteiger partial charge on any atom is 0.256 e. The lowest BCUT2D eigenvalue weighted by atomic mass is 9.31. The summed E-state index contributed by atoms with van der Waals surface area (Å²) in [6, 6.07) is 112. The van der Waals surface area contributed by atoms with Crippen molar-refractivity contribution >= 4 is 143 Å². The van der Waals surface area contributed by atoms with Gasteiger partial charge in [-0.05, 0) is 154 Å². The Morgan fingerprint density at radius 1 is 0.273 bits per heavy atom. The summed E-state index contributed by atoms with van der Waals surface area (Å²) in [5.41, 5.74) is 22.6. The van der Waals surface area contributed by atoms with Gasteiger partial charge in [0.1, 0.15) is 23.0 Å². The summed E-state index contributed by atoms with van der Waals surface area (Å²) < 4.78 is 15.5. The Balaban J connectivity index is 0.913. The molecule has 0 aliphatic carbocycles. The molecule has 0 unspecified atom stereocenters. The number of hydrogen-bond donors (Lipinski definition) is 0. The van der Waals surface area contributed by atoms with Crippen molar-refractivity contribution in [2.75, 3.05) is 24.5 Å². The number of rotatable bonds is 9. The number of fused-ring (bicyclic) bond motifs is 11. The molecule has 0 N–H and O–H groups in total. The van der Waals surface area contributed by atoms with Crippen molar-refractivity contribution < 1.29 is 9.47 Å². The van der Waals surface area contributed by atoms with Gasteiger partial charge in [0.2, 0.25) is 0 Å². The highest BCUT2D eigenvalue weighted by Crippen LogP contribution is 2.57. The van der Waals surface area contributed by atoms with E-state index in [1.807, 2.05) is 0 Å². The third-order valence-electron chi connectivity index (χ3n) is 17.8. The zero-order valence-electron chi connectivity index (χ0n) is 47.6. The van der Waals surface area contributed by atoms with Gasteiger partial charge in [0, 0.05) is 85.7 Å². The number of ether oxygens (including phenoxy) is 2. The van der Waals surface area contributed by atoms with E-state index in [0.717, 1.165) is 140 Å². The molecule has 0 saturated heterocycles. The number of benzene rings is 13. The Labute approximate surface area is 516 Å². The van der Waals surface area contributed by atoms with Gasteiger partial charge in [-0.2, -0.15) is 0 Å². The Kier molecular flexibility index (Phi) is 11.6. The Morgan fingerprint density at radius 2 is 0.693 bits per heavy atom. The van der Waals surface area contributed by atoms with Gasteiger partial charge in [0.25, 0.3) is 13.4 Å². The molecular formula is C78H51B2N5O2S. The van der Waals surface area contributed by atoms with Crippen LogP contribution in [0.25, 0.3) is 0 Å². The van der Waals surface area contributed by atoms with Crippen molar-refractivity contribution in [2.45, 2.75) is 9.79 Å². The third-order valence-corrected chi connectivity index (χ3v) is 19.0. The van der Waals surface area contributed by atoms with Gasteiger partial charge in [-0.25, -0.2) is 0 Å². The minimum Gasteiger partial charge on any atom is -0.458 e. The number of nitrogens with zero attached hydrogens (tertiary/aromatic N) is 5. The SMILES string of the molecule is c1ccc(N(c2ccccc2)c2cc3c4c(c2)N(c2ccccc2)c2ccccc2B4c2cc4c(cc2O3)N(c2ccccc2)c2cc(N(c3ccccc3)c3ccccc3)cc3c2B4c2ccc4c(c2O3)Sc2ccccc2N4c2ccccc2)cc1. The number of hydrogen-bond acceptors (Lipinski definition) is 8. The largest absolute Gasteiger partial charge is 0.458 e. The van der Waals surface area contributed by atoms with Crippen molar-refractivity contribution in [1.82, 2.24) is 0 Å². The van der Waals surface area contributed by atoms with E-state index in [1.165, 1.54) is 10.9 Å². The van der Waals surface area contributed by atoms with E-state index < -0.39 is 0 Å². The monoisotopic (exact) mass is 1140 g/mol. The smallest absolute Gasteiger partial charge is 0.256 e. The van der Waals surface area contributed by atoms with Gasteiger partial charge < -0.3 is 34.0 Å². The van der Waals surface area contributed by atoms with E-state index in [0.29, 0.717) is 0 Å². The molecule has 0 amide bonds. The second-order valence-electron chi connectivity index (χ2n) is 22.8. The highest BCUT2D eigenvalue weighted by Gasteiger charge is 2.48. The molecule has 13 aromatic carbocycles. The highest BCUT2D eigenvalue weighted by molar-refractivity contribution is 8.00. The van der Waals surface area contributed by atoms with E-state index in [-0.39, 0.29) is 13.4 Å². The second-order valence-corrected chi connectivity index (χ2v) is 23.8. The molecule has 10 heteroatoms. The Morgan fingerprint density at radius 3 is 1.22 bits per heavy atom.